The smallest absolute Gasteiger partial charge is 0.208 e. The van der Waals surface area contributed by atoms with Crippen LogP contribution in [-0.2, 0) is 9.84 Å². The summed E-state index contributed by atoms with van der Waals surface area (Å²) in [4.78, 5) is 10.9. The second kappa shape index (κ2) is 13.4. The summed E-state index contributed by atoms with van der Waals surface area (Å²) in [5.41, 5.74) is 13.0. The van der Waals surface area contributed by atoms with E-state index in [1.54, 1.807) is 12.1 Å². The van der Waals surface area contributed by atoms with Crippen LogP contribution in [0, 0.1) is 0 Å². The van der Waals surface area contributed by atoms with Gasteiger partial charge >= 0.3 is 0 Å². The van der Waals surface area contributed by atoms with E-state index in [9.17, 15) is 8.42 Å². The first kappa shape index (κ1) is 33.9. The SMILES string of the molecule is O=S1(=O)c2ccccc2-c2cccc(-c3cccc(-n4c5ccccc5c5cc(-c6cccc(-c7nc(-c8ccccc8)cc(-c8ccccc8)n7)c6)ccc54)c3)c21. The number of hydrogen-bond acceptors (Lipinski definition) is 4. The molecule has 0 aliphatic carbocycles. The predicted molar refractivity (Wildman–Crippen MR) is 234 cm³/mol. The molecule has 1 aliphatic heterocycles. The molecule has 0 saturated carbocycles. The number of para-hydroxylation sites is 1. The third-order valence-electron chi connectivity index (χ3n) is 11.2. The van der Waals surface area contributed by atoms with Gasteiger partial charge in [0.25, 0.3) is 0 Å². The van der Waals surface area contributed by atoms with Crippen LogP contribution in [0.2, 0.25) is 0 Å². The highest BCUT2D eigenvalue weighted by Gasteiger charge is 2.35. The molecule has 2 aromatic heterocycles. The summed E-state index contributed by atoms with van der Waals surface area (Å²) in [6.45, 7) is 0. The quantitative estimate of drug-likeness (QED) is 0.169. The van der Waals surface area contributed by atoms with E-state index in [0.29, 0.717) is 21.2 Å². The third kappa shape index (κ3) is 5.49. The zero-order valence-corrected chi connectivity index (χ0v) is 31.9. The van der Waals surface area contributed by atoms with Crippen molar-refractivity contribution >= 4 is 31.6 Å². The molecule has 8 aromatic carbocycles. The van der Waals surface area contributed by atoms with Crippen LogP contribution >= 0.6 is 0 Å². The molecular weight excluding hydrogens is 731 g/mol. The Balaban J connectivity index is 1.02. The lowest BCUT2D eigenvalue weighted by molar-refractivity contribution is 0.599. The van der Waals surface area contributed by atoms with Gasteiger partial charge in [0.05, 0.1) is 32.2 Å². The van der Waals surface area contributed by atoms with E-state index in [1.807, 2.05) is 78.9 Å². The van der Waals surface area contributed by atoms with Crippen LogP contribution in [0.1, 0.15) is 0 Å². The van der Waals surface area contributed by atoms with Gasteiger partial charge in [0.15, 0.2) is 5.82 Å². The highest BCUT2D eigenvalue weighted by atomic mass is 32.2. The first-order chi connectivity index (χ1) is 28.5. The van der Waals surface area contributed by atoms with Crippen molar-refractivity contribution in [3.8, 4) is 73.0 Å². The Labute approximate surface area is 336 Å². The van der Waals surface area contributed by atoms with Crippen molar-refractivity contribution < 1.29 is 8.42 Å². The van der Waals surface area contributed by atoms with Gasteiger partial charge in [0.2, 0.25) is 9.84 Å². The maximum Gasteiger partial charge on any atom is 0.208 e. The van der Waals surface area contributed by atoms with Crippen LogP contribution in [0.25, 0.3) is 94.8 Å². The van der Waals surface area contributed by atoms with Gasteiger partial charge in [-0.25, -0.2) is 18.4 Å². The molecule has 274 valence electrons. The average Bonchev–Trinajstić information content (AvgIpc) is 3.75. The fraction of sp³-hybridized carbons (Fsp3) is 0. The Kier molecular flexibility index (Phi) is 7.81. The van der Waals surface area contributed by atoms with Crippen LogP contribution in [-0.4, -0.2) is 23.0 Å². The molecule has 3 heterocycles. The van der Waals surface area contributed by atoms with E-state index in [4.69, 9.17) is 9.97 Å². The van der Waals surface area contributed by atoms with Crippen LogP contribution < -0.4 is 0 Å². The van der Waals surface area contributed by atoms with Crippen LogP contribution in [0.5, 0.6) is 0 Å². The van der Waals surface area contributed by atoms with Crippen molar-refractivity contribution in [2.75, 3.05) is 0 Å². The Bertz CT molecular complexity index is 3300. The summed E-state index contributed by atoms with van der Waals surface area (Å²) >= 11 is 0. The lowest BCUT2D eigenvalue weighted by atomic mass is 9.98. The van der Waals surface area contributed by atoms with Crippen LogP contribution in [0.15, 0.2) is 210 Å². The fourth-order valence-corrected chi connectivity index (χ4v) is 10.4. The normalized spacial score (nSPS) is 12.8. The summed E-state index contributed by atoms with van der Waals surface area (Å²) in [7, 11) is -3.68. The molecule has 0 amide bonds. The van der Waals surface area contributed by atoms with Gasteiger partial charge in [-0.3, -0.25) is 0 Å². The Morgan fingerprint density at radius 3 is 1.74 bits per heavy atom. The summed E-state index contributed by atoms with van der Waals surface area (Å²) < 4.78 is 30.1. The first-order valence-corrected chi connectivity index (χ1v) is 20.7. The maximum atomic E-state index is 13.9. The number of rotatable bonds is 6. The maximum absolute atomic E-state index is 13.9. The van der Waals surface area contributed by atoms with Crippen molar-refractivity contribution in [2.45, 2.75) is 9.79 Å². The summed E-state index contributed by atoms with van der Waals surface area (Å²) in [6.07, 6.45) is 0. The van der Waals surface area contributed by atoms with Gasteiger partial charge in [-0.15, -0.1) is 0 Å². The zero-order valence-electron chi connectivity index (χ0n) is 31.1. The Morgan fingerprint density at radius 1 is 0.379 bits per heavy atom. The van der Waals surface area contributed by atoms with E-state index in [0.717, 1.165) is 83.4 Å². The predicted octanol–water partition coefficient (Wildman–Crippen LogP) is 12.7. The number of fused-ring (bicyclic) bond motifs is 6. The molecule has 1 aliphatic rings. The molecule has 0 radical (unpaired) electrons. The van der Waals surface area contributed by atoms with Crippen molar-refractivity contribution in [2.24, 2.45) is 0 Å². The molecule has 0 N–H and O–H groups in total. The summed E-state index contributed by atoms with van der Waals surface area (Å²) in [5.74, 6) is 0.667. The van der Waals surface area contributed by atoms with Crippen LogP contribution in [0.3, 0.4) is 0 Å². The second-order valence-corrected chi connectivity index (χ2v) is 16.4. The van der Waals surface area contributed by atoms with Gasteiger partial charge in [-0.1, -0.05) is 152 Å². The topological polar surface area (TPSA) is 64.8 Å². The van der Waals surface area contributed by atoms with Crippen molar-refractivity contribution in [1.82, 2.24) is 14.5 Å². The molecule has 0 spiro atoms. The van der Waals surface area contributed by atoms with Crippen molar-refractivity contribution in [1.29, 1.82) is 0 Å². The monoisotopic (exact) mass is 763 g/mol. The second-order valence-electron chi connectivity index (χ2n) is 14.6. The molecule has 6 heteroatoms. The molecule has 0 atom stereocenters. The largest absolute Gasteiger partial charge is 0.309 e. The number of nitrogens with zero attached hydrogens (tertiary/aromatic N) is 3. The molecule has 10 aromatic rings. The van der Waals surface area contributed by atoms with E-state index in [2.05, 4.69) is 114 Å². The molecule has 11 rings (SSSR count). The molecule has 0 saturated heterocycles. The number of sulfone groups is 1. The molecular formula is C52H33N3O2S. The Morgan fingerprint density at radius 2 is 0.948 bits per heavy atom. The summed E-state index contributed by atoms with van der Waals surface area (Å²) in [6, 6.07) is 67.3. The molecule has 5 nitrogen and oxygen atoms in total. The Hall–Kier alpha value is -7.41. The lowest BCUT2D eigenvalue weighted by Crippen LogP contribution is -2.00. The minimum Gasteiger partial charge on any atom is -0.309 e. The molecule has 0 bridgehead atoms. The fourth-order valence-electron chi connectivity index (χ4n) is 8.47. The zero-order chi connectivity index (χ0) is 38.8. The average molecular weight is 764 g/mol. The summed E-state index contributed by atoms with van der Waals surface area (Å²) in [5, 5.41) is 2.25. The van der Waals surface area contributed by atoms with Crippen LogP contribution in [0.4, 0.5) is 0 Å². The van der Waals surface area contributed by atoms with E-state index >= 15 is 0 Å². The number of aromatic nitrogens is 3. The third-order valence-corrected chi connectivity index (χ3v) is 13.1. The highest BCUT2D eigenvalue weighted by Crippen LogP contribution is 2.47. The van der Waals surface area contributed by atoms with E-state index in [1.165, 1.54) is 0 Å². The van der Waals surface area contributed by atoms with E-state index in [-0.39, 0.29) is 0 Å². The standard InChI is InChI=1S/C52H33N3O2S/c56-58(57)50-27-10-8-23-43(50)44-25-13-24-41(51(44)58)38-19-12-21-40(31-38)55-48-26-9-7-22-42(48)45-32-37(28-29-49(45)55)36-18-11-20-39(30-36)52-53-46(34-14-3-1-4-15-34)33-47(54-52)35-16-5-2-6-17-35/h1-33H. The highest BCUT2D eigenvalue weighted by molar-refractivity contribution is 7.92. The minimum absolute atomic E-state index is 0.363. The van der Waals surface area contributed by atoms with E-state index < -0.39 is 9.84 Å². The van der Waals surface area contributed by atoms with Crippen molar-refractivity contribution in [3.05, 3.63) is 200 Å². The minimum atomic E-state index is -3.68. The van der Waals surface area contributed by atoms with Gasteiger partial charge in [0, 0.05) is 49.8 Å². The van der Waals surface area contributed by atoms with Gasteiger partial charge < -0.3 is 4.57 Å². The molecule has 0 unspecified atom stereocenters. The lowest BCUT2D eigenvalue weighted by Gasteiger charge is -2.13. The molecule has 0 fully saturated rings. The van der Waals surface area contributed by atoms with Crippen molar-refractivity contribution in [3.63, 3.8) is 0 Å². The number of benzene rings is 8. The van der Waals surface area contributed by atoms with Gasteiger partial charge in [-0.05, 0) is 65.2 Å². The van der Waals surface area contributed by atoms with Gasteiger partial charge in [-0.2, -0.15) is 0 Å². The number of hydrogen-bond donors (Lipinski definition) is 0. The molecule has 58 heavy (non-hydrogen) atoms. The first-order valence-electron chi connectivity index (χ1n) is 19.2. The van der Waals surface area contributed by atoms with Gasteiger partial charge in [0.1, 0.15) is 0 Å².